The molecule has 7 heteroatoms. The zero-order valence-electron chi connectivity index (χ0n) is 11.5. The molecule has 1 atom stereocenters. The summed E-state index contributed by atoms with van der Waals surface area (Å²) in [5.74, 6) is -2.37. The summed E-state index contributed by atoms with van der Waals surface area (Å²) in [6.07, 6.45) is -0.649. The van der Waals surface area contributed by atoms with Crippen LogP contribution in [0.5, 0.6) is 0 Å². The molecule has 2 aromatic rings. The van der Waals surface area contributed by atoms with Crippen molar-refractivity contribution in [1.29, 1.82) is 0 Å². The number of aliphatic hydroxyl groups excluding tert-OH is 1. The van der Waals surface area contributed by atoms with Crippen molar-refractivity contribution < 1.29 is 22.3 Å². The lowest BCUT2D eigenvalue weighted by Gasteiger charge is -2.12. The third kappa shape index (κ3) is 4.33. The predicted octanol–water partition coefficient (Wildman–Crippen LogP) is 1.85. The Morgan fingerprint density at radius 3 is 2.36 bits per heavy atom. The molecule has 0 fully saturated rings. The first-order valence-electron chi connectivity index (χ1n) is 6.55. The van der Waals surface area contributed by atoms with Crippen LogP contribution >= 0.6 is 0 Å². The normalized spacial score (nSPS) is 13.0. The summed E-state index contributed by atoms with van der Waals surface area (Å²) in [5.41, 5.74) is 0.863. The highest BCUT2D eigenvalue weighted by atomic mass is 32.2. The average Bonchev–Trinajstić information content (AvgIpc) is 2.49. The van der Waals surface area contributed by atoms with Gasteiger partial charge in [-0.05, 0) is 30.2 Å². The van der Waals surface area contributed by atoms with Gasteiger partial charge in [-0.3, -0.25) is 0 Å². The maximum absolute atomic E-state index is 13.1. The maximum atomic E-state index is 13.1. The van der Waals surface area contributed by atoms with Gasteiger partial charge in [0.1, 0.15) is 0 Å². The fourth-order valence-electron chi connectivity index (χ4n) is 1.89. The molecule has 2 aromatic carbocycles. The van der Waals surface area contributed by atoms with Crippen LogP contribution in [-0.4, -0.2) is 26.2 Å². The summed E-state index contributed by atoms with van der Waals surface area (Å²) in [7, 11) is -4.00. The number of aliphatic hydroxyl groups is 1. The van der Waals surface area contributed by atoms with E-state index in [1.165, 1.54) is 0 Å². The molecule has 0 saturated heterocycles. The zero-order chi connectivity index (χ0) is 16.2. The van der Waals surface area contributed by atoms with Crippen molar-refractivity contribution in [3.8, 4) is 0 Å². The molecule has 0 bridgehead atoms. The highest BCUT2D eigenvalue weighted by Gasteiger charge is 2.18. The predicted molar refractivity (Wildman–Crippen MR) is 77.7 cm³/mol. The lowest BCUT2D eigenvalue weighted by Crippen LogP contribution is -2.33. The van der Waals surface area contributed by atoms with Gasteiger partial charge in [-0.2, -0.15) is 0 Å². The average molecular weight is 327 g/mol. The molecule has 118 valence electrons. The second kappa shape index (κ2) is 6.95. The van der Waals surface area contributed by atoms with Gasteiger partial charge in [-0.15, -0.1) is 0 Å². The number of hydrogen-bond donors (Lipinski definition) is 2. The van der Waals surface area contributed by atoms with Crippen LogP contribution < -0.4 is 4.72 Å². The standard InChI is InChI=1S/C15H15F2NO3S/c16-14-7-6-13(9-15(14)17)22(20,21)18-10-12(19)8-11-4-2-1-3-5-11/h1-7,9,12,18-19H,8,10H2. The number of benzene rings is 2. The molecular weight excluding hydrogens is 312 g/mol. The third-order valence-electron chi connectivity index (χ3n) is 3.02. The zero-order valence-corrected chi connectivity index (χ0v) is 12.4. The van der Waals surface area contributed by atoms with Crippen LogP contribution in [0.15, 0.2) is 53.4 Å². The van der Waals surface area contributed by atoms with Crippen molar-refractivity contribution in [1.82, 2.24) is 4.72 Å². The Kier molecular flexibility index (Phi) is 5.23. The topological polar surface area (TPSA) is 66.4 Å². The summed E-state index contributed by atoms with van der Waals surface area (Å²) < 4.78 is 51.9. The van der Waals surface area contributed by atoms with E-state index in [0.717, 1.165) is 17.7 Å². The minimum atomic E-state index is -4.00. The number of halogens is 2. The fraction of sp³-hybridized carbons (Fsp3) is 0.200. The van der Waals surface area contributed by atoms with Gasteiger partial charge in [0.15, 0.2) is 11.6 Å². The van der Waals surface area contributed by atoms with Gasteiger partial charge in [-0.1, -0.05) is 30.3 Å². The first-order chi connectivity index (χ1) is 10.4. The third-order valence-corrected chi connectivity index (χ3v) is 4.45. The lowest BCUT2D eigenvalue weighted by molar-refractivity contribution is 0.179. The summed E-state index contributed by atoms with van der Waals surface area (Å²) in [6, 6.07) is 11.4. The Balaban J connectivity index is 1.98. The van der Waals surface area contributed by atoms with Gasteiger partial charge in [-0.25, -0.2) is 21.9 Å². The molecule has 2 N–H and O–H groups in total. The second-order valence-corrected chi connectivity index (χ2v) is 6.54. The van der Waals surface area contributed by atoms with Crippen molar-refractivity contribution in [3.63, 3.8) is 0 Å². The Morgan fingerprint density at radius 1 is 1.05 bits per heavy atom. The molecule has 0 aliphatic heterocycles. The quantitative estimate of drug-likeness (QED) is 0.851. The van der Waals surface area contributed by atoms with E-state index >= 15 is 0 Å². The van der Waals surface area contributed by atoms with E-state index in [9.17, 15) is 22.3 Å². The SMILES string of the molecule is O=S(=O)(NCC(O)Cc1ccccc1)c1ccc(F)c(F)c1. The monoisotopic (exact) mass is 327 g/mol. The number of nitrogens with one attached hydrogen (secondary N) is 1. The molecule has 0 spiro atoms. The molecular formula is C15H15F2NO3S. The Labute approximate surface area is 127 Å². The van der Waals surface area contributed by atoms with Crippen LogP contribution in [0, 0.1) is 11.6 Å². The van der Waals surface area contributed by atoms with E-state index in [0.29, 0.717) is 6.07 Å². The smallest absolute Gasteiger partial charge is 0.240 e. The summed E-state index contributed by atoms with van der Waals surface area (Å²) in [5, 5.41) is 9.85. The van der Waals surface area contributed by atoms with Crippen molar-refractivity contribution in [2.75, 3.05) is 6.54 Å². The van der Waals surface area contributed by atoms with Crippen LogP contribution in [0.3, 0.4) is 0 Å². The molecule has 0 amide bonds. The molecule has 22 heavy (non-hydrogen) atoms. The Hall–Kier alpha value is -1.83. The highest BCUT2D eigenvalue weighted by Crippen LogP contribution is 2.13. The van der Waals surface area contributed by atoms with Gasteiger partial charge >= 0.3 is 0 Å². The van der Waals surface area contributed by atoms with Gasteiger partial charge in [0, 0.05) is 6.54 Å². The first-order valence-corrected chi connectivity index (χ1v) is 8.03. The van der Waals surface area contributed by atoms with E-state index in [2.05, 4.69) is 4.72 Å². The molecule has 0 aliphatic rings. The Bertz CT molecular complexity index is 736. The van der Waals surface area contributed by atoms with Gasteiger partial charge in [0.2, 0.25) is 10.0 Å². The summed E-state index contributed by atoms with van der Waals surface area (Å²) in [6.45, 7) is -0.226. The molecule has 0 aromatic heterocycles. The number of sulfonamides is 1. The van der Waals surface area contributed by atoms with Crippen molar-refractivity contribution in [2.24, 2.45) is 0 Å². The Morgan fingerprint density at radius 2 is 1.73 bits per heavy atom. The van der Waals surface area contributed by atoms with Gasteiger partial charge < -0.3 is 5.11 Å². The van der Waals surface area contributed by atoms with Gasteiger partial charge in [0.25, 0.3) is 0 Å². The summed E-state index contributed by atoms with van der Waals surface area (Å²) in [4.78, 5) is -0.390. The van der Waals surface area contributed by atoms with E-state index in [-0.39, 0.29) is 13.0 Å². The molecule has 4 nitrogen and oxygen atoms in total. The number of rotatable bonds is 6. The molecule has 2 rings (SSSR count). The van der Waals surface area contributed by atoms with E-state index in [1.807, 2.05) is 30.3 Å². The van der Waals surface area contributed by atoms with E-state index in [4.69, 9.17) is 0 Å². The second-order valence-electron chi connectivity index (χ2n) is 4.77. The highest BCUT2D eigenvalue weighted by molar-refractivity contribution is 7.89. The molecule has 1 unspecified atom stereocenters. The van der Waals surface area contributed by atoms with Crippen LogP contribution in [0.25, 0.3) is 0 Å². The molecule has 0 heterocycles. The minimum absolute atomic E-state index is 0.226. The van der Waals surface area contributed by atoms with Crippen molar-refractivity contribution in [2.45, 2.75) is 17.4 Å². The van der Waals surface area contributed by atoms with Crippen molar-refractivity contribution >= 4 is 10.0 Å². The van der Waals surface area contributed by atoms with Crippen LogP contribution in [0.1, 0.15) is 5.56 Å². The van der Waals surface area contributed by atoms with Crippen LogP contribution in [0.2, 0.25) is 0 Å². The van der Waals surface area contributed by atoms with Crippen LogP contribution in [-0.2, 0) is 16.4 Å². The van der Waals surface area contributed by atoms with E-state index < -0.39 is 32.7 Å². The van der Waals surface area contributed by atoms with E-state index in [1.54, 1.807) is 0 Å². The molecule has 0 saturated carbocycles. The van der Waals surface area contributed by atoms with Crippen LogP contribution in [0.4, 0.5) is 8.78 Å². The molecule has 0 aliphatic carbocycles. The summed E-state index contributed by atoms with van der Waals surface area (Å²) >= 11 is 0. The first kappa shape index (κ1) is 16.5. The largest absolute Gasteiger partial charge is 0.391 e. The van der Waals surface area contributed by atoms with Crippen molar-refractivity contribution in [3.05, 3.63) is 65.7 Å². The number of hydrogen-bond acceptors (Lipinski definition) is 3. The maximum Gasteiger partial charge on any atom is 0.240 e. The lowest BCUT2D eigenvalue weighted by atomic mass is 10.1. The fourth-order valence-corrected chi connectivity index (χ4v) is 2.98. The minimum Gasteiger partial charge on any atom is -0.391 e. The molecule has 0 radical (unpaired) electrons. The van der Waals surface area contributed by atoms with Gasteiger partial charge in [0.05, 0.1) is 11.0 Å².